The Morgan fingerprint density at radius 1 is 1.04 bits per heavy atom. The molecule has 0 aliphatic rings. The zero-order valence-corrected chi connectivity index (χ0v) is 12.6. The number of carbonyl (C=O) groups excluding carboxylic acids is 2. The molecular weight excluding hydrogens is 296 g/mol. The van der Waals surface area contributed by atoms with Gasteiger partial charge in [0.2, 0.25) is 0 Å². The van der Waals surface area contributed by atoms with Crippen LogP contribution in [0.15, 0.2) is 60.7 Å². The number of ketones is 1. The van der Waals surface area contributed by atoms with Crippen molar-refractivity contribution in [1.82, 2.24) is 0 Å². The number of esters is 1. The summed E-state index contributed by atoms with van der Waals surface area (Å²) in [6, 6.07) is 16.3. The second-order valence-corrected chi connectivity index (χ2v) is 4.68. The Morgan fingerprint density at radius 3 is 2.30 bits per heavy atom. The van der Waals surface area contributed by atoms with E-state index in [1.54, 1.807) is 24.3 Å². The maximum atomic E-state index is 11.3. The molecule has 0 spiro atoms. The van der Waals surface area contributed by atoms with Gasteiger partial charge in [0.15, 0.2) is 0 Å². The van der Waals surface area contributed by atoms with Gasteiger partial charge in [-0.1, -0.05) is 30.3 Å². The molecule has 23 heavy (non-hydrogen) atoms. The summed E-state index contributed by atoms with van der Waals surface area (Å²) in [5.74, 6) is -1.63. The summed E-state index contributed by atoms with van der Waals surface area (Å²) in [5.41, 5.74) is 1.44. The normalized spacial score (nSPS) is 10.9. The Hall–Kier alpha value is -3.08. The average molecular weight is 312 g/mol. The molecule has 0 saturated heterocycles. The average Bonchev–Trinajstić information content (AvgIpc) is 2.60. The molecule has 5 heteroatoms. The van der Waals surface area contributed by atoms with E-state index in [2.05, 4.69) is 4.74 Å². The van der Waals surface area contributed by atoms with Crippen LogP contribution in [-0.4, -0.2) is 24.0 Å². The number of hydrogen-bond acceptors (Lipinski definition) is 5. The van der Waals surface area contributed by atoms with E-state index in [0.29, 0.717) is 17.9 Å². The van der Waals surface area contributed by atoms with Crippen LogP contribution < -0.4 is 4.74 Å². The van der Waals surface area contributed by atoms with E-state index >= 15 is 0 Å². The van der Waals surface area contributed by atoms with Gasteiger partial charge in [0.05, 0.1) is 7.11 Å². The summed E-state index contributed by atoms with van der Waals surface area (Å²) in [5, 5.41) is 9.83. The third-order valence-electron chi connectivity index (χ3n) is 3.05. The van der Waals surface area contributed by atoms with Gasteiger partial charge in [-0.15, -0.1) is 0 Å². The molecule has 5 nitrogen and oxygen atoms in total. The monoisotopic (exact) mass is 312 g/mol. The molecule has 0 atom stereocenters. The van der Waals surface area contributed by atoms with Crippen molar-refractivity contribution in [2.75, 3.05) is 7.11 Å². The fraction of sp³-hybridized carbons (Fsp3) is 0.111. The van der Waals surface area contributed by atoms with Crippen LogP contribution in [0.2, 0.25) is 0 Å². The summed E-state index contributed by atoms with van der Waals surface area (Å²) in [4.78, 5) is 22.4. The van der Waals surface area contributed by atoms with Gasteiger partial charge in [0.1, 0.15) is 18.1 Å². The van der Waals surface area contributed by atoms with E-state index in [0.717, 1.165) is 18.7 Å². The van der Waals surface area contributed by atoms with Gasteiger partial charge in [0.25, 0.3) is 5.78 Å². The van der Waals surface area contributed by atoms with Crippen LogP contribution in [0.5, 0.6) is 5.75 Å². The van der Waals surface area contributed by atoms with Crippen molar-refractivity contribution in [3.63, 3.8) is 0 Å². The number of hydrogen-bond donors (Lipinski definition) is 1. The van der Waals surface area contributed by atoms with Crippen molar-refractivity contribution in [3.05, 3.63) is 71.8 Å². The van der Waals surface area contributed by atoms with Crippen LogP contribution in [0.25, 0.3) is 5.76 Å². The zero-order chi connectivity index (χ0) is 16.7. The van der Waals surface area contributed by atoms with Crippen molar-refractivity contribution < 1.29 is 24.2 Å². The van der Waals surface area contributed by atoms with E-state index in [9.17, 15) is 14.7 Å². The van der Waals surface area contributed by atoms with Crippen LogP contribution in [0, 0.1) is 0 Å². The topological polar surface area (TPSA) is 72.8 Å². The lowest BCUT2D eigenvalue weighted by atomic mass is 10.1. The number of aliphatic hydroxyl groups excluding tert-OH is 1. The predicted molar refractivity (Wildman–Crippen MR) is 84.8 cm³/mol. The summed E-state index contributed by atoms with van der Waals surface area (Å²) in [7, 11) is 1.10. The van der Waals surface area contributed by atoms with Gasteiger partial charge in [-0.3, -0.25) is 4.79 Å². The second kappa shape index (κ2) is 7.79. The van der Waals surface area contributed by atoms with Crippen LogP contribution in [0.1, 0.15) is 11.1 Å². The molecule has 118 valence electrons. The van der Waals surface area contributed by atoms with Crippen LogP contribution in [-0.2, 0) is 20.9 Å². The van der Waals surface area contributed by atoms with Gasteiger partial charge in [0, 0.05) is 11.6 Å². The fourth-order valence-electron chi connectivity index (χ4n) is 1.83. The standard InChI is InChI=1S/C18H16O5/c1-22-18(21)17(20)11-16(19)14-7-9-15(10-8-14)23-12-13-5-3-2-4-6-13/h2-11,19H,12H2,1H3/b16-11-. The van der Waals surface area contributed by atoms with Crippen LogP contribution >= 0.6 is 0 Å². The maximum Gasteiger partial charge on any atom is 0.378 e. The maximum absolute atomic E-state index is 11.3. The van der Waals surface area contributed by atoms with E-state index in [4.69, 9.17) is 4.74 Å². The second-order valence-electron chi connectivity index (χ2n) is 4.68. The molecule has 0 fully saturated rings. The SMILES string of the molecule is COC(=O)C(=O)/C=C(\O)c1ccc(OCc2ccccc2)cc1. The minimum atomic E-state index is -1.03. The summed E-state index contributed by atoms with van der Waals surface area (Å²) in [6.07, 6.45) is 0.825. The van der Waals surface area contributed by atoms with Gasteiger partial charge in [-0.05, 0) is 29.8 Å². The molecule has 0 aliphatic carbocycles. The Bertz CT molecular complexity index is 702. The third-order valence-corrected chi connectivity index (χ3v) is 3.05. The van der Waals surface area contributed by atoms with Gasteiger partial charge < -0.3 is 14.6 Å². The predicted octanol–water partition coefficient (Wildman–Crippen LogP) is 2.91. The highest BCUT2D eigenvalue weighted by Gasteiger charge is 2.12. The number of methoxy groups -OCH3 is 1. The minimum Gasteiger partial charge on any atom is -0.507 e. The number of rotatable bonds is 6. The Morgan fingerprint density at radius 2 is 1.70 bits per heavy atom. The number of ether oxygens (including phenoxy) is 2. The molecule has 0 aromatic heterocycles. The molecule has 0 bridgehead atoms. The lowest BCUT2D eigenvalue weighted by Crippen LogP contribution is -2.13. The smallest absolute Gasteiger partial charge is 0.378 e. The molecule has 1 N–H and O–H groups in total. The van der Waals surface area contributed by atoms with Crippen molar-refractivity contribution in [1.29, 1.82) is 0 Å². The molecule has 2 aromatic carbocycles. The highest BCUT2D eigenvalue weighted by atomic mass is 16.5. The first-order chi connectivity index (χ1) is 11.1. The first kappa shape index (κ1) is 16.3. The van der Waals surface area contributed by atoms with E-state index < -0.39 is 11.8 Å². The highest BCUT2D eigenvalue weighted by molar-refractivity contribution is 6.39. The Labute approximate surface area is 133 Å². The van der Waals surface area contributed by atoms with Crippen molar-refractivity contribution in [3.8, 4) is 5.75 Å². The largest absolute Gasteiger partial charge is 0.507 e. The zero-order valence-electron chi connectivity index (χ0n) is 12.6. The lowest BCUT2D eigenvalue weighted by molar-refractivity contribution is -0.149. The van der Waals surface area contributed by atoms with Gasteiger partial charge in [-0.25, -0.2) is 4.79 Å². The van der Waals surface area contributed by atoms with E-state index in [1.807, 2.05) is 30.3 Å². The van der Waals surface area contributed by atoms with Gasteiger partial charge >= 0.3 is 5.97 Å². The number of aliphatic hydroxyl groups is 1. The quantitative estimate of drug-likeness (QED) is 0.384. The number of carbonyl (C=O) groups is 2. The van der Waals surface area contributed by atoms with Crippen LogP contribution in [0.4, 0.5) is 0 Å². The first-order valence-corrected chi connectivity index (χ1v) is 6.90. The molecule has 0 saturated carbocycles. The summed E-state index contributed by atoms with van der Waals surface area (Å²) < 4.78 is 9.90. The van der Waals surface area contributed by atoms with Crippen molar-refractivity contribution >= 4 is 17.5 Å². The molecule has 0 radical (unpaired) electrons. The molecule has 2 rings (SSSR count). The van der Waals surface area contributed by atoms with Gasteiger partial charge in [-0.2, -0.15) is 0 Å². The number of benzene rings is 2. The molecule has 0 aliphatic heterocycles. The van der Waals surface area contributed by atoms with Crippen molar-refractivity contribution in [2.24, 2.45) is 0 Å². The molecule has 2 aromatic rings. The van der Waals surface area contributed by atoms with E-state index in [1.165, 1.54) is 0 Å². The molecule has 0 heterocycles. The third kappa shape index (κ3) is 4.71. The fourth-order valence-corrected chi connectivity index (χ4v) is 1.83. The summed E-state index contributed by atoms with van der Waals surface area (Å²) in [6.45, 7) is 0.433. The first-order valence-electron chi connectivity index (χ1n) is 6.90. The highest BCUT2D eigenvalue weighted by Crippen LogP contribution is 2.18. The van der Waals surface area contributed by atoms with Crippen LogP contribution in [0.3, 0.4) is 0 Å². The van der Waals surface area contributed by atoms with Crippen molar-refractivity contribution in [2.45, 2.75) is 6.61 Å². The molecule has 0 unspecified atom stereocenters. The Balaban J connectivity index is 2.00. The van der Waals surface area contributed by atoms with E-state index in [-0.39, 0.29) is 5.76 Å². The Kier molecular flexibility index (Phi) is 5.52. The molecule has 0 amide bonds. The lowest BCUT2D eigenvalue weighted by Gasteiger charge is -2.07. The summed E-state index contributed by atoms with van der Waals surface area (Å²) >= 11 is 0. The molecular formula is C18H16O5. The minimum absolute atomic E-state index is 0.310.